The van der Waals surface area contributed by atoms with Crippen molar-refractivity contribution in [3.05, 3.63) is 0 Å². The van der Waals surface area contributed by atoms with Gasteiger partial charge in [0.25, 0.3) is 0 Å². The molecule has 2 heteroatoms. The number of hydrogen-bond acceptors (Lipinski definition) is 2. The van der Waals surface area contributed by atoms with Gasteiger partial charge in [0.05, 0.1) is 0 Å². The van der Waals surface area contributed by atoms with Crippen LogP contribution >= 0.6 is 0 Å². The Bertz CT molecular complexity index is 463. The molecule has 4 fully saturated rings. The topological polar surface area (TPSA) is 52.0 Å². The van der Waals surface area contributed by atoms with Gasteiger partial charge in [-0.3, -0.25) is 0 Å². The molecule has 0 heterocycles. The summed E-state index contributed by atoms with van der Waals surface area (Å²) in [7, 11) is 0. The van der Waals surface area contributed by atoms with E-state index in [4.69, 9.17) is 11.5 Å². The van der Waals surface area contributed by atoms with Crippen LogP contribution in [0.1, 0.15) is 142 Å². The summed E-state index contributed by atoms with van der Waals surface area (Å²) in [5, 5.41) is 0. The average molecular weight is 445 g/mol. The average Bonchev–Trinajstić information content (AvgIpc) is 2.86. The highest BCUT2D eigenvalue weighted by Crippen LogP contribution is 2.56. The van der Waals surface area contributed by atoms with Gasteiger partial charge in [-0.25, -0.2) is 0 Å². The van der Waals surface area contributed by atoms with Gasteiger partial charge in [-0.15, -0.1) is 0 Å². The third-order valence-corrected chi connectivity index (χ3v) is 11.0. The molecule has 4 rings (SSSR count). The van der Waals surface area contributed by atoms with Crippen LogP contribution in [0.25, 0.3) is 0 Å². The fourth-order valence-corrected chi connectivity index (χ4v) is 9.68. The van der Waals surface area contributed by atoms with E-state index in [0.29, 0.717) is 35.5 Å². The summed E-state index contributed by atoms with van der Waals surface area (Å²) in [6.45, 7) is 5.01. The molecule has 4 N–H and O–H groups in total. The molecule has 0 spiro atoms. The second-order valence-corrected chi connectivity index (χ2v) is 13.1. The van der Waals surface area contributed by atoms with Crippen LogP contribution in [-0.4, -0.2) is 11.1 Å². The molecule has 0 saturated heterocycles. The van der Waals surface area contributed by atoms with E-state index < -0.39 is 0 Å². The summed E-state index contributed by atoms with van der Waals surface area (Å²) in [6.07, 6.45) is 27.7. The molecule has 4 aliphatic rings. The molecule has 0 radical (unpaired) electrons. The minimum Gasteiger partial charge on any atom is -0.324 e. The molecule has 32 heavy (non-hydrogen) atoms. The lowest BCUT2D eigenvalue weighted by Crippen LogP contribution is -2.73. The van der Waals surface area contributed by atoms with Gasteiger partial charge in [0.15, 0.2) is 0 Å². The Balaban J connectivity index is 1.78. The van der Waals surface area contributed by atoms with E-state index in [1.165, 1.54) is 128 Å². The van der Waals surface area contributed by atoms with Crippen molar-refractivity contribution in [2.45, 2.75) is 153 Å². The Labute approximate surface area is 200 Å². The highest BCUT2D eigenvalue weighted by Gasteiger charge is 2.59. The van der Waals surface area contributed by atoms with Crippen LogP contribution in [-0.2, 0) is 0 Å². The molecule has 0 aromatic heterocycles. The molecule has 2 nitrogen and oxygen atoms in total. The lowest BCUT2D eigenvalue weighted by Gasteiger charge is -2.62. The zero-order valence-electron chi connectivity index (χ0n) is 21.8. The predicted molar refractivity (Wildman–Crippen MR) is 138 cm³/mol. The number of rotatable bonds is 7. The molecular formula is C30H56N2. The van der Waals surface area contributed by atoms with E-state index in [-0.39, 0.29) is 11.1 Å². The summed E-state index contributed by atoms with van der Waals surface area (Å²) < 4.78 is 0. The highest BCUT2D eigenvalue weighted by atomic mass is 14.9. The van der Waals surface area contributed by atoms with E-state index >= 15 is 0 Å². The molecule has 0 aromatic rings. The van der Waals surface area contributed by atoms with Crippen molar-refractivity contribution in [2.75, 3.05) is 0 Å². The zero-order chi connectivity index (χ0) is 22.6. The highest BCUT2D eigenvalue weighted by molar-refractivity contribution is 5.15. The van der Waals surface area contributed by atoms with Crippen LogP contribution in [0.15, 0.2) is 0 Å². The van der Waals surface area contributed by atoms with Crippen LogP contribution in [0.2, 0.25) is 0 Å². The first-order chi connectivity index (χ1) is 15.5. The van der Waals surface area contributed by atoms with Crippen molar-refractivity contribution in [3.63, 3.8) is 0 Å². The van der Waals surface area contributed by atoms with E-state index in [9.17, 15) is 0 Å². The Morgan fingerprint density at radius 1 is 0.438 bits per heavy atom. The van der Waals surface area contributed by atoms with E-state index in [0.717, 1.165) is 0 Å². The Hall–Kier alpha value is -0.0800. The second kappa shape index (κ2) is 11.1. The molecule has 0 unspecified atom stereocenters. The van der Waals surface area contributed by atoms with Gasteiger partial charge in [-0.2, -0.15) is 0 Å². The van der Waals surface area contributed by atoms with Gasteiger partial charge < -0.3 is 11.5 Å². The summed E-state index contributed by atoms with van der Waals surface area (Å²) in [5.41, 5.74) is 15.9. The van der Waals surface area contributed by atoms with Crippen molar-refractivity contribution in [1.29, 1.82) is 0 Å². The number of hydrogen-bond donors (Lipinski definition) is 2. The van der Waals surface area contributed by atoms with Gasteiger partial charge in [0, 0.05) is 11.1 Å². The van der Waals surface area contributed by atoms with Crippen molar-refractivity contribution < 1.29 is 0 Å². The van der Waals surface area contributed by atoms with Gasteiger partial charge in [-0.1, -0.05) is 90.9 Å². The van der Waals surface area contributed by atoms with E-state index in [1.54, 1.807) is 0 Å². The maximum Gasteiger partial charge on any atom is 0.0260 e. The molecule has 0 aliphatic heterocycles. The van der Waals surface area contributed by atoms with Crippen LogP contribution in [0.3, 0.4) is 0 Å². The Morgan fingerprint density at radius 2 is 0.656 bits per heavy atom. The van der Waals surface area contributed by atoms with E-state index in [2.05, 4.69) is 13.8 Å². The third-order valence-electron chi connectivity index (χ3n) is 11.0. The molecule has 186 valence electrons. The maximum atomic E-state index is 8.01. The van der Waals surface area contributed by atoms with Gasteiger partial charge in [0.1, 0.15) is 0 Å². The molecule has 4 aliphatic carbocycles. The SMILES string of the molecule is CC(C)C(C(N)(C1CCCCC1)C1CCCCC1)C(N)(C1CCCCC1)C1CCCCC1. The first kappa shape index (κ1) is 25.0. The summed E-state index contributed by atoms with van der Waals surface area (Å²) in [4.78, 5) is 0. The lowest BCUT2D eigenvalue weighted by molar-refractivity contribution is -0.0658. The first-order valence-electron chi connectivity index (χ1n) is 15.1. The fourth-order valence-electron chi connectivity index (χ4n) is 9.68. The number of nitrogens with two attached hydrogens (primary N) is 2. The first-order valence-corrected chi connectivity index (χ1v) is 15.1. The van der Waals surface area contributed by atoms with Crippen molar-refractivity contribution in [3.8, 4) is 0 Å². The summed E-state index contributed by atoms with van der Waals surface area (Å²) >= 11 is 0. The van der Waals surface area contributed by atoms with Crippen molar-refractivity contribution >= 4 is 0 Å². The molecule has 0 atom stereocenters. The smallest absolute Gasteiger partial charge is 0.0260 e. The predicted octanol–water partition coefficient (Wildman–Crippen LogP) is 7.97. The van der Waals surface area contributed by atoms with Crippen LogP contribution in [0.5, 0.6) is 0 Å². The Kier molecular flexibility index (Phi) is 8.69. The van der Waals surface area contributed by atoms with Gasteiger partial charge >= 0.3 is 0 Å². The van der Waals surface area contributed by atoms with Crippen molar-refractivity contribution in [1.82, 2.24) is 0 Å². The summed E-state index contributed by atoms with van der Waals surface area (Å²) in [5.74, 6) is 3.84. The molecule has 0 aromatic carbocycles. The van der Waals surface area contributed by atoms with E-state index in [1.807, 2.05) is 0 Å². The lowest BCUT2D eigenvalue weighted by atomic mass is 9.47. The quantitative estimate of drug-likeness (QED) is 0.418. The largest absolute Gasteiger partial charge is 0.324 e. The van der Waals surface area contributed by atoms with Gasteiger partial charge in [-0.05, 0) is 86.9 Å². The van der Waals surface area contributed by atoms with Gasteiger partial charge in [0.2, 0.25) is 0 Å². The van der Waals surface area contributed by atoms with Crippen molar-refractivity contribution in [2.24, 2.45) is 47.0 Å². The Morgan fingerprint density at radius 3 is 0.844 bits per heavy atom. The minimum absolute atomic E-state index is 0.0569. The molecule has 0 amide bonds. The van der Waals surface area contributed by atoms with Crippen LogP contribution < -0.4 is 11.5 Å². The normalized spacial score (nSPS) is 26.8. The third kappa shape index (κ3) is 4.84. The maximum absolute atomic E-state index is 8.01. The monoisotopic (exact) mass is 444 g/mol. The summed E-state index contributed by atoms with van der Waals surface area (Å²) in [6, 6.07) is 0. The molecule has 4 saturated carbocycles. The standard InChI is InChI=1S/C30H56N2/c1-23(2)28(29(31,24-15-7-3-8-16-24)25-17-9-4-10-18-25)30(32,26-19-11-5-12-20-26)27-21-13-6-14-22-27/h23-28H,3-22,31-32H2,1-2H3. The minimum atomic E-state index is -0.0569. The van der Waals surface area contributed by atoms with Crippen LogP contribution in [0, 0.1) is 35.5 Å². The molecule has 0 bridgehead atoms. The second-order valence-electron chi connectivity index (χ2n) is 13.1. The molecular weight excluding hydrogens is 388 g/mol. The zero-order valence-corrected chi connectivity index (χ0v) is 21.8. The van der Waals surface area contributed by atoms with Crippen LogP contribution in [0.4, 0.5) is 0 Å². The fraction of sp³-hybridized carbons (Fsp3) is 1.00.